The van der Waals surface area contributed by atoms with Crippen molar-refractivity contribution < 1.29 is 18.3 Å². The van der Waals surface area contributed by atoms with Crippen molar-refractivity contribution >= 4 is 5.57 Å². The lowest BCUT2D eigenvalue weighted by atomic mass is 9.99. The molecule has 3 rings (SSSR count). The summed E-state index contributed by atoms with van der Waals surface area (Å²) in [6.45, 7) is 0.914. The normalized spacial score (nSPS) is 15.0. The zero-order chi connectivity index (χ0) is 15.4. The smallest absolute Gasteiger partial charge is 0.274 e. The zero-order valence-corrected chi connectivity index (χ0v) is 12.0. The third-order valence-corrected chi connectivity index (χ3v) is 3.63. The van der Waals surface area contributed by atoms with Crippen LogP contribution in [0.25, 0.3) is 16.7 Å². The number of benzene rings is 2. The van der Waals surface area contributed by atoms with Crippen LogP contribution in [0.5, 0.6) is 0 Å². The van der Waals surface area contributed by atoms with Gasteiger partial charge in [0.15, 0.2) is 6.29 Å². The summed E-state index contributed by atoms with van der Waals surface area (Å²) in [6.07, 6.45) is -2.20. The Labute approximate surface area is 128 Å². The van der Waals surface area contributed by atoms with E-state index in [4.69, 9.17) is 9.47 Å². The lowest BCUT2D eigenvalue weighted by molar-refractivity contribution is -0.0367. The van der Waals surface area contributed by atoms with Crippen molar-refractivity contribution in [3.8, 4) is 11.1 Å². The van der Waals surface area contributed by atoms with E-state index in [0.717, 1.165) is 11.1 Å². The monoisotopic (exact) mass is 302 g/mol. The van der Waals surface area contributed by atoms with Crippen molar-refractivity contribution in [3.05, 3.63) is 66.2 Å². The molecular weight excluding hydrogens is 286 g/mol. The second kappa shape index (κ2) is 6.81. The van der Waals surface area contributed by atoms with Crippen LogP contribution in [-0.4, -0.2) is 19.5 Å². The fourth-order valence-electron chi connectivity index (χ4n) is 2.49. The quantitative estimate of drug-likeness (QED) is 0.813. The fourth-order valence-corrected chi connectivity index (χ4v) is 2.49. The van der Waals surface area contributed by atoms with Gasteiger partial charge in [-0.25, -0.2) is 0 Å². The van der Waals surface area contributed by atoms with E-state index in [2.05, 4.69) is 0 Å². The van der Waals surface area contributed by atoms with E-state index in [9.17, 15) is 8.78 Å². The van der Waals surface area contributed by atoms with Crippen LogP contribution < -0.4 is 0 Å². The first-order chi connectivity index (χ1) is 10.7. The summed E-state index contributed by atoms with van der Waals surface area (Å²) >= 11 is 0. The highest BCUT2D eigenvalue weighted by Gasteiger charge is 2.21. The van der Waals surface area contributed by atoms with Crippen molar-refractivity contribution in [2.24, 2.45) is 0 Å². The second-order valence-corrected chi connectivity index (χ2v) is 5.06. The van der Waals surface area contributed by atoms with Gasteiger partial charge < -0.3 is 9.47 Å². The fraction of sp³-hybridized carbons (Fsp3) is 0.222. The maximum absolute atomic E-state index is 13.2. The van der Waals surface area contributed by atoms with Gasteiger partial charge in [-0.1, -0.05) is 54.6 Å². The number of rotatable bonds is 4. The third-order valence-electron chi connectivity index (χ3n) is 3.63. The third kappa shape index (κ3) is 3.40. The average molecular weight is 302 g/mol. The Morgan fingerprint density at radius 2 is 1.45 bits per heavy atom. The van der Waals surface area contributed by atoms with Gasteiger partial charge in [0.1, 0.15) is 0 Å². The highest BCUT2D eigenvalue weighted by molar-refractivity contribution is 5.71. The van der Waals surface area contributed by atoms with Gasteiger partial charge in [-0.3, -0.25) is 0 Å². The molecule has 1 saturated heterocycles. The molecule has 0 bridgehead atoms. The molecule has 2 nitrogen and oxygen atoms in total. The Morgan fingerprint density at radius 3 is 2.05 bits per heavy atom. The summed E-state index contributed by atoms with van der Waals surface area (Å²) in [5.41, 5.74) is 2.53. The molecule has 0 unspecified atom stereocenters. The van der Waals surface area contributed by atoms with Crippen LogP contribution >= 0.6 is 0 Å². The van der Waals surface area contributed by atoms with Crippen LogP contribution in [0.15, 0.2) is 60.7 Å². The van der Waals surface area contributed by atoms with Crippen molar-refractivity contribution in [1.82, 2.24) is 0 Å². The Bertz CT molecular complexity index is 641. The lowest BCUT2D eigenvalue weighted by Gasteiger charge is -2.12. The van der Waals surface area contributed by atoms with E-state index in [1.807, 2.05) is 42.5 Å². The molecule has 1 heterocycles. The summed E-state index contributed by atoms with van der Waals surface area (Å²) in [5.74, 6) is 0. The van der Waals surface area contributed by atoms with Gasteiger partial charge in [0.2, 0.25) is 0 Å². The van der Waals surface area contributed by atoms with Gasteiger partial charge in [-0.15, -0.1) is 0 Å². The molecule has 1 aliphatic rings. The van der Waals surface area contributed by atoms with E-state index >= 15 is 0 Å². The van der Waals surface area contributed by atoms with Crippen molar-refractivity contribution in [2.45, 2.75) is 12.7 Å². The second-order valence-electron chi connectivity index (χ2n) is 5.06. The highest BCUT2D eigenvalue weighted by atomic mass is 19.3. The molecular formula is C18H16F2O2. The average Bonchev–Trinajstić information content (AvgIpc) is 3.07. The molecule has 0 amide bonds. The number of hydrogen-bond donors (Lipinski definition) is 0. The maximum Gasteiger partial charge on any atom is 0.274 e. The van der Waals surface area contributed by atoms with Gasteiger partial charge in [0, 0.05) is 12.0 Å². The molecule has 0 aliphatic carbocycles. The van der Waals surface area contributed by atoms with E-state index in [1.54, 1.807) is 12.1 Å². The van der Waals surface area contributed by atoms with E-state index in [1.165, 1.54) is 0 Å². The first-order valence-electron chi connectivity index (χ1n) is 7.17. The molecule has 0 N–H and O–H groups in total. The van der Waals surface area contributed by atoms with Crippen LogP contribution in [0.3, 0.4) is 0 Å². The highest BCUT2D eigenvalue weighted by Crippen LogP contribution is 2.30. The molecule has 4 heteroatoms. The Hall–Kier alpha value is -2.04. The van der Waals surface area contributed by atoms with Gasteiger partial charge in [-0.05, 0) is 16.7 Å². The van der Waals surface area contributed by atoms with E-state index < -0.39 is 12.4 Å². The minimum absolute atomic E-state index is 0.0217. The molecule has 2 aromatic rings. The molecule has 1 aliphatic heterocycles. The summed E-state index contributed by atoms with van der Waals surface area (Å²) in [4.78, 5) is 0. The topological polar surface area (TPSA) is 18.5 Å². The largest absolute Gasteiger partial charge is 0.350 e. The zero-order valence-electron chi connectivity index (χ0n) is 12.0. The molecule has 114 valence electrons. The first-order valence-corrected chi connectivity index (χ1v) is 7.17. The predicted molar refractivity (Wildman–Crippen MR) is 81.3 cm³/mol. The molecule has 0 spiro atoms. The minimum atomic E-state index is -1.69. The first kappa shape index (κ1) is 14.9. The molecule has 0 atom stereocenters. The van der Waals surface area contributed by atoms with Crippen LogP contribution in [0.4, 0.5) is 8.78 Å². The van der Waals surface area contributed by atoms with Crippen molar-refractivity contribution in [2.75, 3.05) is 13.2 Å². The summed E-state index contributed by atoms with van der Waals surface area (Å²) < 4.78 is 37.0. The molecule has 1 fully saturated rings. The van der Waals surface area contributed by atoms with Crippen LogP contribution in [-0.2, 0) is 9.47 Å². The molecule has 22 heavy (non-hydrogen) atoms. The van der Waals surface area contributed by atoms with Crippen molar-refractivity contribution in [3.63, 3.8) is 0 Å². The van der Waals surface area contributed by atoms with Crippen LogP contribution in [0.2, 0.25) is 0 Å². The van der Waals surface area contributed by atoms with E-state index in [0.29, 0.717) is 18.8 Å². The number of halogens is 2. The molecule has 0 radical (unpaired) electrons. The van der Waals surface area contributed by atoms with Crippen LogP contribution in [0.1, 0.15) is 12.0 Å². The number of hydrogen-bond acceptors (Lipinski definition) is 2. The van der Waals surface area contributed by atoms with Gasteiger partial charge in [-0.2, -0.15) is 8.78 Å². The summed E-state index contributed by atoms with van der Waals surface area (Å²) in [6, 6.07) is 16.9. The van der Waals surface area contributed by atoms with Gasteiger partial charge in [0.05, 0.1) is 13.2 Å². The Morgan fingerprint density at radius 1 is 0.864 bits per heavy atom. The SMILES string of the molecule is FC(F)=C(CC1OCCO1)c1ccc(-c2ccccc2)cc1. The molecule has 2 aromatic carbocycles. The summed E-state index contributed by atoms with van der Waals surface area (Å²) in [7, 11) is 0. The van der Waals surface area contributed by atoms with Crippen molar-refractivity contribution in [1.29, 1.82) is 0 Å². The van der Waals surface area contributed by atoms with Crippen LogP contribution in [0, 0.1) is 0 Å². The lowest BCUT2D eigenvalue weighted by Crippen LogP contribution is -2.08. The van der Waals surface area contributed by atoms with E-state index in [-0.39, 0.29) is 12.0 Å². The number of ether oxygens (including phenoxy) is 2. The Kier molecular flexibility index (Phi) is 4.61. The van der Waals surface area contributed by atoms with Gasteiger partial charge >= 0.3 is 0 Å². The van der Waals surface area contributed by atoms with Gasteiger partial charge in [0.25, 0.3) is 6.08 Å². The Balaban J connectivity index is 1.82. The molecule has 0 saturated carbocycles. The molecule has 0 aromatic heterocycles. The summed E-state index contributed by atoms with van der Waals surface area (Å²) in [5, 5.41) is 0. The standard InChI is InChI=1S/C18H16F2O2/c19-18(20)16(12-17-21-10-11-22-17)15-8-6-14(7-9-15)13-4-2-1-3-5-13/h1-9,17H,10-12H2. The predicted octanol–water partition coefficient (Wildman–Crippen LogP) is 4.72. The maximum atomic E-state index is 13.2. The minimum Gasteiger partial charge on any atom is -0.350 e.